The number of fused-ring (bicyclic) bond motifs is 1. The van der Waals surface area contributed by atoms with Crippen LogP contribution in [0.15, 0.2) is 72.8 Å². The van der Waals surface area contributed by atoms with Crippen molar-refractivity contribution in [1.82, 2.24) is 4.90 Å². The highest BCUT2D eigenvalue weighted by Gasteiger charge is 2.29. The molecule has 0 radical (unpaired) electrons. The lowest BCUT2D eigenvalue weighted by Crippen LogP contribution is -2.24. The molecule has 26 heavy (non-hydrogen) atoms. The molecular weight excluding hydrogens is 322 g/mol. The molecule has 0 amide bonds. The van der Waals surface area contributed by atoms with Crippen LogP contribution < -0.4 is 9.47 Å². The Hall–Kier alpha value is -2.78. The summed E-state index contributed by atoms with van der Waals surface area (Å²) >= 11 is 0. The fourth-order valence-corrected chi connectivity index (χ4v) is 3.82. The van der Waals surface area contributed by atoms with Crippen LogP contribution in [-0.4, -0.2) is 19.1 Å². The Kier molecular flexibility index (Phi) is 4.63. The number of rotatable bonds is 5. The van der Waals surface area contributed by atoms with E-state index in [1.807, 2.05) is 0 Å². The van der Waals surface area contributed by atoms with E-state index in [0.717, 1.165) is 24.6 Å². The van der Waals surface area contributed by atoms with E-state index >= 15 is 0 Å². The Balaban J connectivity index is 1.72. The van der Waals surface area contributed by atoms with Crippen LogP contribution >= 0.6 is 0 Å². The highest BCUT2D eigenvalue weighted by atomic mass is 16.5. The molecule has 0 fully saturated rings. The minimum atomic E-state index is 0.224. The molecule has 0 atom stereocenters. The lowest BCUT2D eigenvalue weighted by atomic mass is 9.97. The van der Waals surface area contributed by atoms with E-state index in [2.05, 4.69) is 77.7 Å². The van der Waals surface area contributed by atoms with Crippen molar-refractivity contribution >= 4 is 0 Å². The molecule has 0 unspecified atom stereocenters. The van der Waals surface area contributed by atoms with E-state index in [1.54, 1.807) is 14.2 Å². The summed E-state index contributed by atoms with van der Waals surface area (Å²) in [6.45, 7) is 1.79. The van der Waals surface area contributed by atoms with E-state index in [0.29, 0.717) is 0 Å². The number of benzene rings is 3. The second-order valence-electron chi connectivity index (χ2n) is 6.60. The van der Waals surface area contributed by atoms with Gasteiger partial charge in [-0.05, 0) is 34.4 Å². The minimum absolute atomic E-state index is 0.224. The van der Waals surface area contributed by atoms with E-state index in [4.69, 9.17) is 9.47 Å². The number of methoxy groups -OCH3 is 2. The Morgan fingerprint density at radius 3 is 1.50 bits per heavy atom. The molecule has 132 valence electrons. The summed E-state index contributed by atoms with van der Waals surface area (Å²) in [7, 11) is 3.38. The maximum Gasteiger partial charge on any atom is 0.161 e. The molecular formula is C23H23NO2. The predicted octanol–water partition coefficient (Wildman–Crippen LogP) is 4.81. The topological polar surface area (TPSA) is 21.7 Å². The molecule has 1 aliphatic rings. The molecule has 0 aromatic heterocycles. The summed E-state index contributed by atoms with van der Waals surface area (Å²) in [5.74, 6) is 1.59. The third kappa shape index (κ3) is 3.06. The lowest BCUT2D eigenvalue weighted by molar-refractivity contribution is 0.231. The van der Waals surface area contributed by atoms with Crippen LogP contribution in [0.2, 0.25) is 0 Å². The SMILES string of the molecule is COc1cc2c(cc1OC)CN(C(c1ccccc1)c1ccccc1)C2. The summed E-state index contributed by atoms with van der Waals surface area (Å²) in [6.07, 6.45) is 0. The first-order valence-corrected chi connectivity index (χ1v) is 8.88. The van der Waals surface area contributed by atoms with Gasteiger partial charge < -0.3 is 9.47 Å². The molecule has 0 saturated carbocycles. The van der Waals surface area contributed by atoms with Crippen LogP contribution in [0.3, 0.4) is 0 Å². The van der Waals surface area contributed by atoms with Gasteiger partial charge in [-0.2, -0.15) is 0 Å². The van der Waals surface area contributed by atoms with E-state index in [-0.39, 0.29) is 6.04 Å². The van der Waals surface area contributed by atoms with Crippen molar-refractivity contribution in [3.8, 4) is 11.5 Å². The van der Waals surface area contributed by atoms with Crippen LogP contribution in [-0.2, 0) is 13.1 Å². The van der Waals surface area contributed by atoms with Crippen molar-refractivity contribution in [2.45, 2.75) is 19.1 Å². The van der Waals surface area contributed by atoms with E-state index in [9.17, 15) is 0 Å². The highest BCUT2D eigenvalue weighted by Crippen LogP contribution is 2.39. The zero-order chi connectivity index (χ0) is 17.9. The largest absolute Gasteiger partial charge is 0.493 e. The second kappa shape index (κ2) is 7.22. The van der Waals surface area contributed by atoms with Crippen molar-refractivity contribution in [2.24, 2.45) is 0 Å². The Labute approximate surface area is 154 Å². The van der Waals surface area contributed by atoms with Crippen molar-refractivity contribution in [2.75, 3.05) is 14.2 Å². The monoisotopic (exact) mass is 345 g/mol. The first-order valence-electron chi connectivity index (χ1n) is 8.88. The molecule has 0 saturated heterocycles. The molecule has 0 N–H and O–H groups in total. The predicted molar refractivity (Wildman–Crippen MR) is 104 cm³/mol. The van der Waals surface area contributed by atoms with Crippen molar-refractivity contribution < 1.29 is 9.47 Å². The Morgan fingerprint density at radius 1 is 0.692 bits per heavy atom. The van der Waals surface area contributed by atoms with Crippen LogP contribution in [0.1, 0.15) is 28.3 Å². The summed E-state index contributed by atoms with van der Waals surface area (Å²) in [4.78, 5) is 2.51. The molecule has 0 bridgehead atoms. The molecule has 3 nitrogen and oxygen atoms in total. The van der Waals surface area contributed by atoms with Crippen LogP contribution in [0.25, 0.3) is 0 Å². The van der Waals surface area contributed by atoms with Crippen LogP contribution in [0.5, 0.6) is 11.5 Å². The molecule has 4 rings (SSSR count). The van der Waals surface area contributed by atoms with Gasteiger partial charge in [0.1, 0.15) is 0 Å². The molecule has 1 heterocycles. The summed E-state index contributed by atoms with van der Waals surface area (Å²) in [6, 6.07) is 25.9. The number of hydrogen-bond acceptors (Lipinski definition) is 3. The zero-order valence-corrected chi connectivity index (χ0v) is 15.2. The van der Waals surface area contributed by atoms with Gasteiger partial charge in [-0.1, -0.05) is 60.7 Å². The normalized spacial score (nSPS) is 13.7. The molecule has 0 aliphatic carbocycles. The van der Waals surface area contributed by atoms with Gasteiger partial charge >= 0.3 is 0 Å². The van der Waals surface area contributed by atoms with E-state index in [1.165, 1.54) is 22.3 Å². The molecule has 3 aromatic carbocycles. The second-order valence-corrected chi connectivity index (χ2v) is 6.60. The number of ether oxygens (including phenoxy) is 2. The average molecular weight is 345 g/mol. The van der Waals surface area contributed by atoms with Gasteiger partial charge in [-0.15, -0.1) is 0 Å². The zero-order valence-electron chi connectivity index (χ0n) is 15.2. The van der Waals surface area contributed by atoms with Gasteiger partial charge in [0.2, 0.25) is 0 Å². The van der Waals surface area contributed by atoms with Gasteiger partial charge in [-0.25, -0.2) is 0 Å². The third-order valence-electron chi connectivity index (χ3n) is 5.05. The van der Waals surface area contributed by atoms with Gasteiger partial charge in [0.05, 0.1) is 20.3 Å². The maximum atomic E-state index is 5.48. The Morgan fingerprint density at radius 2 is 1.12 bits per heavy atom. The fraction of sp³-hybridized carbons (Fsp3) is 0.217. The van der Waals surface area contributed by atoms with Crippen LogP contribution in [0, 0.1) is 0 Å². The molecule has 3 aromatic rings. The quantitative estimate of drug-likeness (QED) is 0.662. The van der Waals surface area contributed by atoms with Gasteiger partial charge in [0.25, 0.3) is 0 Å². The first kappa shape index (κ1) is 16.7. The standard InChI is InChI=1S/C23H23NO2/c1-25-21-13-19-15-24(16-20(19)14-22(21)26-2)23(17-9-5-3-6-10-17)18-11-7-4-8-12-18/h3-14,23H,15-16H2,1-2H3. The first-order chi connectivity index (χ1) is 12.8. The summed E-state index contributed by atoms with van der Waals surface area (Å²) < 4.78 is 11.0. The number of hydrogen-bond donors (Lipinski definition) is 0. The van der Waals surface area contributed by atoms with Crippen molar-refractivity contribution in [3.63, 3.8) is 0 Å². The average Bonchev–Trinajstić information content (AvgIpc) is 3.11. The molecule has 3 heteroatoms. The van der Waals surface area contributed by atoms with E-state index < -0.39 is 0 Å². The Bertz CT molecular complexity index is 805. The minimum Gasteiger partial charge on any atom is -0.493 e. The summed E-state index contributed by atoms with van der Waals surface area (Å²) in [5, 5.41) is 0. The smallest absolute Gasteiger partial charge is 0.161 e. The third-order valence-corrected chi connectivity index (χ3v) is 5.05. The lowest BCUT2D eigenvalue weighted by Gasteiger charge is -2.28. The maximum absolute atomic E-state index is 5.48. The highest BCUT2D eigenvalue weighted by molar-refractivity contribution is 5.49. The van der Waals surface area contributed by atoms with Crippen molar-refractivity contribution in [3.05, 3.63) is 95.1 Å². The number of nitrogens with zero attached hydrogens (tertiary/aromatic N) is 1. The van der Waals surface area contributed by atoms with Crippen LogP contribution in [0.4, 0.5) is 0 Å². The summed E-state index contributed by atoms with van der Waals surface area (Å²) in [5.41, 5.74) is 5.23. The van der Waals surface area contributed by atoms with Crippen molar-refractivity contribution in [1.29, 1.82) is 0 Å². The fourth-order valence-electron chi connectivity index (χ4n) is 3.82. The molecule has 0 spiro atoms. The van der Waals surface area contributed by atoms with Gasteiger partial charge in [-0.3, -0.25) is 4.90 Å². The van der Waals surface area contributed by atoms with Gasteiger partial charge in [0, 0.05) is 13.1 Å². The van der Waals surface area contributed by atoms with Gasteiger partial charge in [0.15, 0.2) is 11.5 Å². The molecule has 1 aliphatic heterocycles.